The van der Waals surface area contributed by atoms with Crippen molar-refractivity contribution in [1.29, 1.82) is 0 Å². The molecule has 2 atom stereocenters. The number of carbonyl (C=O) groups excluding carboxylic acids is 1. The maximum absolute atomic E-state index is 13.5. The van der Waals surface area contributed by atoms with Crippen molar-refractivity contribution in [3.05, 3.63) is 35.4 Å². The second-order valence-electron chi connectivity index (χ2n) is 8.35. The van der Waals surface area contributed by atoms with Crippen LogP contribution in [0, 0.1) is 11.3 Å². The Labute approximate surface area is 165 Å². The Morgan fingerprint density at radius 1 is 1.22 bits per heavy atom. The molecule has 1 aliphatic heterocycles. The molecule has 1 saturated heterocycles. The van der Waals surface area contributed by atoms with Crippen LogP contribution in [0.1, 0.15) is 75.6 Å². The normalized spacial score (nSPS) is 17.9. The van der Waals surface area contributed by atoms with Gasteiger partial charge in [-0.25, -0.2) is 0 Å². The van der Waals surface area contributed by atoms with Gasteiger partial charge in [-0.2, -0.15) is 4.39 Å². The molecule has 1 aromatic rings. The Bertz CT molecular complexity index is 609. The van der Waals surface area contributed by atoms with Crippen LogP contribution in [0.15, 0.2) is 24.3 Å². The minimum atomic E-state index is -1.57. The molecule has 1 heterocycles. The van der Waals surface area contributed by atoms with E-state index in [0.29, 0.717) is 5.56 Å². The van der Waals surface area contributed by atoms with E-state index in [1.165, 1.54) is 12.8 Å². The summed E-state index contributed by atoms with van der Waals surface area (Å²) < 4.78 is 30.0. The fourth-order valence-electron chi connectivity index (χ4n) is 3.28. The van der Waals surface area contributed by atoms with Crippen molar-refractivity contribution in [2.24, 2.45) is 11.3 Å². The number of rotatable bonds is 8. The Morgan fingerprint density at radius 3 is 2.37 bits per heavy atom. The molecule has 1 N–H and O–H groups in total. The molecule has 0 spiro atoms. The lowest BCUT2D eigenvalue weighted by atomic mass is 9.91. The second-order valence-corrected chi connectivity index (χ2v) is 8.95. The lowest BCUT2D eigenvalue weighted by molar-refractivity contribution is -0.159. The summed E-state index contributed by atoms with van der Waals surface area (Å²) in [6, 6.07) is 6.75. The third-order valence-corrected chi connectivity index (χ3v) is 5.50. The number of carbonyl (C=O) groups is 1. The van der Waals surface area contributed by atoms with Gasteiger partial charge in [0.1, 0.15) is 6.10 Å². The topological polar surface area (TPSA) is 55.4 Å². The smallest absolute Gasteiger partial charge is 0.457 e. The van der Waals surface area contributed by atoms with Gasteiger partial charge in [-0.3, -0.25) is 4.79 Å². The zero-order valence-electron chi connectivity index (χ0n) is 16.5. The maximum atomic E-state index is 13.5. The SMILES string of the molecule is CC(C)(C)C(=O)OC(CCCC1CCNCC1)c1ccc(C(F)[S+]=O)cc1. The van der Waals surface area contributed by atoms with Crippen LogP contribution in [0.3, 0.4) is 0 Å². The molecule has 1 aliphatic rings. The van der Waals surface area contributed by atoms with Gasteiger partial charge in [0.15, 0.2) is 0 Å². The lowest BCUT2D eigenvalue weighted by Gasteiger charge is -2.26. The van der Waals surface area contributed by atoms with E-state index in [4.69, 9.17) is 4.74 Å². The summed E-state index contributed by atoms with van der Waals surface area (Å²) in [5.74, 6) is 0.492. The molecule has 0 bridgehead atoms. The number of nitrogens with one attached hydrogen (secondary N) is 1. The molecule has 27 heavy (non-hydrogen) atoms. The molecule has 150 valence electrons. The van der Waals surface area contributed by atoms with Crippen LogP contribution in [0.5, 0.6) is 0 Å². The quantitative estimate of drug-likeness (QED) is 0.502. The number of ether oxygens (including phenoxy) is 1. The third kappa shape index (κ3) is 6.92. The summed E-state index contributed by atoms with van der Waals surface area (Å²) in [7, 11) is 0. The van der Waals surface area contributed by atoms with E-state index in [1.54, 1.807) is 24.3 Å². The number of piperidine rings is 1. The van der Waals surface area contributed by atoms with Crippen LogP contribution >= 0.6 is 0 Å². The zero-order chi connectivity index (χ0) is 19.9. The third-order valence-electron chi connectivity index (χ3n) is 5.05. The predicted molar refractivity (Wildman–Crippen MR) is 106 cm³/mol. The van der Waals surface area contributed by atoms with Crippen molar-refractivity contribution in [2.75, 3.05) is 13.1 Å². The van der Waals surface area contributed by atoms with Crippen molar-refractivity contribution in [2.45, 2.75) is 64.5 Å². The van der Waals surface area contributed by atoms with E-state index in [0.717, 1.165) is 43.8 Å². The molecule has 4 nitrogen and oxygen atoms in total. The maximum Gasteiger partial charge on any atom is 0.504 e. The lowest BCUT2D eigenvalue weighted by Crippen LogP contribution is -2.28. The fourth-order valence-corrected chi connectivity index (χ4v) is 3.55. The molecule has 0 radical (unpaired) electrons. The number of esters is 1. The van der Waals surface area contributed by atoms with Gasteiger partial charge in [0, 0.05) is 4.21 Å². The van der Waals surface area contributed by atoms with Gasteiger partial charge in [0.2, 0.25) is 0 Å². The highest BCUT2D eigenvalue weighted by Gasteiger charge is 2.28. The summed E-state index contributed by atoms with van der Waals surface area (Å²) in [4.78, 5) is 12.4. The van der Waals surface area contributed by atoms with Crippen LogP contribution in [0.4, 0.5) is 4.39 Å². The summed E-state index contributed by atoms with van der Waals surface area (Å²) in [5, 5.41) is 3.38. The van der Waals surface area contributed by atoms with Crippen LogP contribution in [-0.4, -0.2) is 19.1 Å². The van der Waals surface area contributed by atoms with Gasteiger partial charge in [-0.15, -0.1) is 0 Å². The molecule has 2 rings (SSSR count). The first-order chi connectivity index (χ1) is 12.8. The first-order valence-corrected chi connectivity index (χ1v) is 10.6. The van der Waals surface area contributed by atoms with Crippen molar-refractivity contribution < 1.29 is 18.1 Å². The molecule has 0 aliphatic carbocycles. The van der Waals surface area contributed by atoms with Gasteiger partial charge in [-0.05, 0) is 83.2 Å². The van der Waals surface area contributed by atoms with Crippen molar-refractivity contribution in [3.63, 3.8) is 0 Å². The monoisotopic (exact) mass is 396 g/mol. The van der Waals surface area contributed by atoms with E-state index in [9.17, 15) is 13.4 Å². The summed E-state index contributed by atoms with van der Waals surface area (Å²) >= 11 is -0.0713. The van der Waals surface area contributed by atoms with Crippen molar-refractivity contribution >= 4 is 17.6 Å². The summed E-state index contributed by atoms with van der Waals surface area (Å²) in [6.45, 7) is 7.67. The first-order valence-electron chi connectivity index (χ1n) is 9.75. The van der Waals surface area contributed by atoms with Gasteiger partial charge in [0.25, 0.3) is 0 Å². The second kappa shape index (κ2) is 10.2. The Kier molecular flexibility index (Phi) is 8.29. The highest BCUT2D eigenvalue weighted by molar-refractivity contribution is 7.65. The number of hydrogen-bond acceptors (Lipinski definition) is 4. The van der Waals surface area contributed by atoms with Gasteiger partial charge in [-0.1, -0.05) is 18.6 Å². The number of halogens is 1. The Hall–Kier alpha value is -1.40. The van der Waals surface area contributed by atoms with Crippen LogP contribution in [0.2, 0.25) is 0 Å². The molecular weight excluding hydrogens is 365 g/mol. The van der Waals surface area contributed by atoms with E-state index >= 15 is 0 Å². The number of benzene rings is 1. The highest BCUT2D eigenvalue weighted by Crippen LogP contribution is 2.30. The minimum absolute atomic E-state index is 0.0713. The largest absolute Gasteiger partial charge is 0.504 e. The van der Waals surface area contributed by atoms with Gasteiger partial charge in [0.05, 0.1) is 11.0 Å². The van der Waals surface area contributed by atoms with Crippen molar-refractivity contribution in [1.82, 2.24) is 5.32 Å². The van der Waals surface area contributed by atoms with Gasteiger partial charge >= 0.3 is 23.1 Å². The highest BCUT2D eigenvalue weighted by atomic mass is 32.1. The Morgan fingerprint density at radius 2 is 1.81 bits per heavy atom. The predicted octanol–water partition coefficient (Wildman–Crippen LogP) is 4.88. The molecule has 0 aromatic heterocycles. The fraction of sp³-hybridized carbons (Fsp3) is 0.667. The average Bonchev–Trinajstić information content (AvgIpc) is 2.66. The van der Waals surface area contributed by atoms with Crippen LogP contribution in [0.25, 0.3) is 0 Å². The molecule has 2 unspecified atom stereocenters. The molecule has 1 fully saturated rings. The van der Waals surface area contributed by atoms with E-state index in [-0.39, 0.29) is 23.7 Å². The Balaban J connectivity index is 2.03. The number of hydrogen-bond donors (Lipinski definition) is 1. The van der Waals surface area contributed by atoms with Crippen LogP contribution < -0.4 is 5.32 Å². The molecule has 0 saturated carbocycles. The standard InChI is InChI=1S/C21H31FNO3S/c1-21(2,3)20(24)26-18(6-4-5-15-11-13-23-14-12-15)16-7-9-17(10-8-16)19(22)27-25/h7-10,15,18-19,23H,4-6,11-14H2,1-3H3/q+1. The van der Waals surface area contributed by atoms with Crippen LogP contribution in [-0.2, 0) is 25.4 Å². The average molecular weight is 397 g/mol. The van der Waals surface area contributed by atoms with E-state index < -0.39 is 10.9 Å². The number of alkyl halides is 1. The first kappa shape index (κ1) is 21.9. The summed E-state index contributed by atoms with van der Waals surface area (Å²) in [5.41, 5.74) is -0.954. The minimum Gasteiger partial charge on any atom is -0.457 e. The summed E-state index contributed by atoms with van der Waals surface area (Å²) in [6.07, 6.45) is 4.92. The van der Waals surface area contributed by atoms with Crippen molar-refractivity contribution in [3.8, 4) is 0 Å². The molecule has 1 aromatic carbocycles. The van der Waals surface area contributed by atoms with E-state index in [1.807, 2.05) is 20.8 Å². The molecule has 6 heteroatoms. The van der Waals surface area contributed by atoms with Gasteiger partial charge < -0.3 is 10.1 Å². The zero-order valence-corrected chi connectivity index (χ0v) is 17.3. The molecular formula is C21H31FNO3S+. The van der Waals surface area contributed by atoms with E-state index in [2.05, 4.69) is 5.32 Å². The molecule has 0 amide bonds.